The average molecular weight is 302 g/mol. The average Bonchev–Trinajstić information content (AvgIpc) is 2.78. The van der Waals surface area contributed by atoms with Gasteiger partial charge >= 0.3 is 0 Å². The molecule has 0 radical (unpaired) electrons. The number of Topliss-reactive ketones (excluding diaryl/α,β-unsaturated/α-hetero) is 1. The number of carbonyl (C=O) groups is 1. The third-order valence-corrected chi connectivity index (χ3v) is 4.96. The lowest BCUT2D eigenvalue weighted by Crippen LogP contribution is -2.57. The summed E-state index contributed by atoms with van der Waals surface area (Å²) < 4.78 is 5.21. The highest BCUT2D eigenvalue weighted by molar-refractivity contribution is 5.85. The molecule has 4 heteroatoms. The van der Waals surface area contributed by atoms with Gasteiger partial charge in [-0.25, -0.2) is 0 Å². The third-order valence-electron chi connectivity index (χ3n) is 4.96. The number of carbonyl (C=O) groups excluding carboxylic acids is 1. The van der Waals surface area contributed by atoms with Crippen LogP contribution >= 0.6 is 0 Å². The summed E-state index contributed by atoms with van der Waals surface area (Å²) in [5.74, 6) is 1.31. The Kier molecular flexibility index (Phi) is 4.79. The van der Waals surface area contributed by atoms with Crippen LogP contribution in [0.15, 0.2) is 24.3 Å². The molecule has 4 rings (SSSR count). The minimum atomic E-state index is 0.0763. The van der Waals surface area contributed by atoms with Crippen LogP contribution in [0.4, 0.5) is 0 Å². The predicted molar refractivity (Wildman–Crippen MR) is 87.1 cm³/mol. The number of methoxy groups -OCH3 is 1. The van der Waals surface area contributed by atoms with Crippen molar-refractivity contribution in [1.82, 2.24) is 9.80 Å². The molecule has 4 nitrogen and oxygen atoms in total. The van der Waals surface area contributed by atoms with Gasteiger partial charge in [0.15, 0.2) is 5.78 Å². The second kappa shape index (κ2) is 6.80. The fraction of sp³-hybridized carbons (Fsp3) is 0.611. The molecule has 22 heavy (non-hydrogen) atoms. The summed E-state index contributed by atoms with van der Waals surface area (Å²) in [5, 5.41) is 0. The second-order valence-electron chi connectivity index (χ2n) is 6.45. The molecule has 3 fully saturated rings. The van der Waals surface area contributed by atoms with E-state index in [0.29, 0.717) is 11.8 Å². The highest BCUT2D eigenvalue weighted by Gasteiger charge is 2.40. The van der Waals surface area contributed by atoms with Gasteiger partial charge in [-0.15, -0.1) is 0 Å². The van der Waals surface area contributed by atoms with Crippen LogP contribution in [0.5, 0.6) is 5.75 Å². The van der Waals surface area contributed by atoms with E-state index in [1.807, 2.05) is 12.1 Å². The lowest BCUT2D eigenvalue weighted by molar-refractivity contribution is -0.125. The molecule has 120 valence electrons. The molecule has 3 heterocycles. The van der Waals surface area contributed by atoms with Gasteiger partial charge in [0, 0.05) is 32.1 Å². The van der Waals surface area contributed by atoms with E-state index in [1.54, 1.807) is 7.11 Å². The second-order valence-corrected chi connectivity index (χ2v) is 6.45. The van der Waals surface area contributed by atoms with Crippen LogP contribution in [0.25, 0.3) is 0 Å². The van der Waals surface area contributed by atoms with Crippen molar-refractivity contribution in [2.24, 2.45) is 0 Å². The van der Waals surface area contributed by atoms with Gasteiger partial charge in [0.1, 0.15) is 5.75 Å². The zero-order valence-electron chi connectivity index (χ0n) is 13.6. The maximum absolute atomic E-state index is 12.4. The summed E-state index contributed by atoms with van der Waals surface area (Å²) >= 11 is 0. The van der Waals surface area contributed by atoms with E-state index in [1.165, 1.54) is 5.56 Å². The highest BCUT2D eigenvalue weighted by atomic mass is 16.5. The lowest BCUT2D eigenvalue weighted by Gasteiger charge is -2.43. The van der Waals surface area contributed by atoms with Gasteiger partial charge in [0.2, 0.25) is 0 Å². The molecular weight excluding hydrogens is 276 g/mol. The molecule has 1 aromatic rings. The molecule has 0 unspecified atom stereocenters. The SMILES string of the molecule is CCCN1C[C@@H]2C(=O)CC[C@H]1CN2Cc1ccc(OC)cc1. The number of hydrogen-bond donors (Lipinski definition) is 0. The Morgan fingerprint density at radius 2 is 1.95 bits per heavy atom. The van der Waals surface area contributed by atoms with Crippen LogP contribution in [-0.4, -0.2) is 54.4 Å². The summed E-state index contributed by atoms with van der Waals surface area (Å²) in [6.07, 6.45) is 2.93. The number of ether oxygens (including phenoxy) is 1. The molecular formula is C18H26N2O2. The fourth-order valence-electron chi connectivity index (χ4n) is 3.76. The van der Waals surface area contributed by atoms with Crippen molar-refractivity contribution in [3.63, 3.8) is 0 Å². The van der Waals surface area contributed by atoms with Gasteiger partial charge in [-0.05, 0) is 37.1 Å². The third kappa shape index (κ3) is 3.18. The minimum Gasteiger partial charge on any atom is -0.497 e. The van der Waals surface area contributed by atoms with E-state index < -0.39 is 0 Å². The Hall–Kier alpha value is -1.39. The van der Waals surface area contributed by atoms with E-state index in [4.69, 9.17) is 4.74 Å². The largest absolute Gasteiger partial charge is 0.497 e. The summed E-state index contributed by atoms with van der Waals surface area (Å²) in [5.41, 5.74) is 1.25. The van der Waals surface area contributed by atoms with Crippen molar-refractivity contribution in [3.05, 3.63) is 29.8 Å². The van der Waals surface area contributed by atoms with Crippen molar-refractivity contribution in [3.8, 4) is 5.75 Å². The smallest absolute Gasteiger partial charge is 0.151 e. The molecule has 3 saturated heterocycles. The minimum absolute atomic E-state index is 0.0763. The number of nitrogens with zero attached hydrogens (tertiary/aromatic N) is 2. The van der Waals surface area contributed by atoms with Gasteiger partial charge in [-0.2, -0.15) is 0 Å². The molecule has 0 amide bonds. The number of piperazine rings is 1. The van der Waals surface area contributed by atoms with Crippen LogP contribution in [-0.2, 0) is 11.3 Å². The standard InChI is InChI=1S/C18H26N2O2/c1-3-10-19-13-17-18(21)9-6-15(19)12-20(17)11-14-4-7-16(22-2)8-5-14/h4-5,7-8,15,17H,3,6,9-13H2,1-2H3/t15-,17+/m0/s1. The Morgan fingerprint density at radius 3 is 2.64 bits per heavy atom. The number of benzene rings is 1. The van der Waals surface area contributed by atoms with Crippen LogP contribution in [0.2, 0.25) is 0 Å². The van der Waals surface area contributed by atoms with Crippen molar-refractivity contribution in [1.29, 1.82) is 0 Å². The van der Waals surface area contributed by atoms with E-state index >= 15 is 0 Å². The van der Waals surface area contributed by atoms with Gasteiger partial charge < -0.3 is 4.74 Å². The zero-order chi connectivity index (χ0) is 15.5. The van der Waals surface area contributed by atoms with Crippen LogP contribution in [0, 0.1) is 0 Å². The van der Waals surface area contributed by atoms with Crippen molar-refractivity contribution < 1.29 is 9.53 Å². The van der Waals surface area contributed by atoms with E-state index in [9.17, 15) is 4.79 Å². The molecule has 1 aromatic carbocycles. The van der Waals surface area contributed by atoms with E-state index in [0.717, 1.165) is 51.2 Å². The zero-order valence-corrected chi connectivity index (χ0v) is 13.6. The molecule has 0 saturated carbocycles. The Bertz CT molecular complexity index is 514. The molecule has 0 aromatic heterocycles. The Labute approximate surface area is 133 Å². The first-order valence-corrected chi connectivity index (χ1v) is 8.35. The van der Waals surface area contributed by atoms with Gasteiger partial charge in [0.05, 0.1) is 13.2 Å². The monoisotopic (exact) mass is 302 g/mol. The summed E-state index contributed by atoms with van der Waals surface area (Å²) in [7, 11) is 1.68. The first-order valence-electron chi connectivity index (χ1n) is 8.35. The molecule has 3 aliphatic rings. The predicted octanol–water partition coefficient (Wildman–Crippen LogP) is 2.32. The summed E-state index contributed by atoms with van der Waals surface area (Å²) in [6.45, 7) is 6.12. The normalized spacial score (nSPS) is 26.2. The lowest BCUT2D eigenvalue weighted by atomic mass is 10.1. The quantitative estimate of drug-likeness (QED) is 0.836. The molecule has 0 spiro atoms. The first-order chi connectivity index (χ1) is 10.7. The molecule has 3 aliphatic heterocycles. The molecule has 0 N–H and O–H groups in total. The summed E-state index contributed by atoms with van der Waals surface area (Å²) in [6, 6.07) is 8.82. The van der Waals surface area contributed by atoms with Gasteiger partial charge in [-0.1, -0.05) is 19.1 Å². The van der Waals surface area contributed by atoms with Gasteiger partial charge in [0.25, 0.3) is 0 Å². The van der Waals surface area contributed by atoms with Crippen LogP contribution < -0.4 is 4.74 Å². The van der Waals surface area contributed by atoms with Crippen molar-refractivity contribution in [2.45, 2.75) is 44.8 Å². The van der Waals surface area contributed by atoms with Crippen molar-refractivity contribution >= 4 is 5.78 Å². The number of rotatable bonds is 5. The number of hydrogen-bond acceptors (Lipinski definition) is 4. The van der Waals surface area contributed by atoms with E-state index in [2.05, 4.69) is 28.9 Å². The van der Waals surface area contributed by atoms with Gasteiger partial charge in [-0.3, -0.25) is 14.6 Å². The van der Waals surface area contributed by atoms with Crippen molar-refractivity contribution in [2.75, 3.05) is 26.7 Å². The topological polar surface area (TPSA) is 32.8 Å². The summed E-state index contributed by atoms with van der Waals surface area (Å²) in [4.78, 5) is 17.3. The molecule has 0 aliphatic carbocycles. The fourth-order valence-corrected chi connectivity index (χ4v) is 3.76. The molecule has 2 bridgehead atoms. The maximum atomic E-state index is 12.4. The van der Waals surface area contributed by atoms with Crippen LogP contribution in [0.3, 0.4) is 0 Å². The molecule has 2 atom stereocenters. The number of ketones is 1. The van der Waals surface area contributed by atoms with Crippen LogP contribution in [0.1, 0.15) is 31.7 Å². The maximum Gasteiger partial charge on any atom is 0.151 e. The highest BCUT2D eigenvalue weighted by Crippen LogP contribution is 2.27. The Balaban J connectivity index is 1.72. The first kappa shape index (κ1) is 15.5. The Morgan fingerprint density at radius 1 is 1.18 bits per heavy atom. The van der Waals surface area contributed by atoms with E-state index in [-0.39, 0.29) is 6.04 Å². The number of fused-ring (bicyclic) bond motifs is 4.